The molecule has 2 saturated carbocycles. The Bertz CT molecular complexity index is 635. The number of oxime groups is 1. The molecule has 2 fully saturated rings. The van der Waals surface area contributed by atoms with E-state index in [2.05, 4.69) is 25.2 Å². The lowest BCUT2D eigenvalue weighted by Crippen LogP contribution is -2.40. The van der Waals surface area contributed by atoms with Crippen molar-refractivity contribution in [1.82, 2.24) is 4.90 Å². The Morgan fingerprint density at radius 1 is 1.33 bits per heavy atom. The van der Waals surface area contributed by atoms with Crippen molar-refractivity contribution in [2.75, 3.05) is 0 Å². The normalized spacial score (nSPS) is 25.8. The lowest BCUT2D eigenvalue weighted by Gasteiger charge is -2.31. The van der Waals surface area contributed by atoms with Crippen LogP contribution in [0.3, 0.4) is 0 Å². The van der Waals surface area contributed by atoms with E-state index in [1.54, 1.807) is 24.3 Å². The Balaban J connectivity index is 1.77. The van der Waals surface area contributed by atoms with Crippen LogP contribution >= 0.6 is 11.6 Å². The summed E-state index contributed by atoms with van der Waals surface area (Å²) in [5.41, 5.74) is 0. The molecular weight excluding hydrogens is 322 g/mol. The first-order valence-electron chi connectivity index (χ1n) is 8.75. The van der Waals surface area contributed by atoms with Gasteiger partial charge in [0.2, 0.25) is 0 Å². The van der Waals surface area contributed by atoms with Gasteiger partial charge in [-0.2, -0.15) is 5.26 Å². The molecule has 0 spiro atoms. The predicted molar refractivity (Wildman–Crippen MR) is 95.7 cm³/mol. The van der Waals surface area contributed by atoms with Crippen molar-refractivity contribution in [2.45, 2.75) is 52.0 Å². The Labute approximate surface area is 149 Å². The number of benzene rings is 1. The molecule has 0 saturated heterocycles. The fraction of sp³-hybridized carbons (Fsp3) is 0.579. The highest BCUT2D eigenvalue weighted by molar-refractivity contribution is 6.30. The van der Waals surface area contributed by atoms with Gasteiger partial charge in [-0.25, -0.2) is 0 Å². The highest BCUT2D eigenvalue weighted by atomic mass is 35.5. The summed E-state index contributed by atoms with van der Waals surface area (Å²) in [4.78, 5) is 7.40. The minimum atomic E-state index is 0.292. The summed E-state index contributed by atoms with van der Waals surface area (Å²) in [6.07, 6.45) is 8.03. The Morgan fingerprint density at radius 2 is 2.08 bits per heavy atom. The van der Waals surface area contributed by atoms with Crippen LogP contribution in [0.2, 0.25) is 5.02 Å². The smallest absolute Gasteiger partial charge is 0.185 e. The third kappa shape index (κ3) is 3.84. The molecule has 3 unspecified atom stereocenters. The number of rotatable bonds is 5. The molecule has 0 radical (unpaired) electrons. The Kier molecular flexibility index (Phi) is 5.30. The number of hydrogen-bond donors (Lipinski definition) is 0. The maximum absolute atomic E-state index is 9.75. The summed E-state index contributed by atoms with van der Waals surface area (Å²) in [5.74, 6) is 3.19. The third-order valence-electron chi connectivity index (χ3n) is 5.08. The van der Waals surface area contributed by atoms with Crippen molar-refractivity contribution < 1.29 is 4.84 Å². The summed E-state index contributed by atoms with van der Waals surface area (Å²) < 4.78 is 0. The molecule has 0 aliphatic heterocycles. The number of fused-ring (bicyclic) bond motifs is 2. The molecule has 2 bridgehead atoms. The molecule has 2 aliphatic carbocycles. The SMILES string of the molecule is CC(C)C/C(=N\Oc1ccc(Cl)cc1)N(C#N)C1CC2CCC1C2. The van der Waals surface area contributed by atoms with Crippen LogP contribution in [0.15, 0.2) is 29.4 Å². The maximum Gasteiger partial charge on any atom is 0.185 e. The number of amidine groups is 1. The molecule has 24 heavy (non-hydrogen) atoms. The fourth-order valence-electron chi connectivity index (χ4n) is 4.00. The van der Waals surface area contributed by atoms with Crippen molar-refractivity contribution in [3.05, 3.63) is 29.3 Å². The zero-order valence-corrected chi connectivity index (χ0v) is 15.0. The van der Waals surface area contributed by atoms with Gasteiger partial charge in [-0.1, -0.05) is 37.0 Å². The molecule has 5 heteroatoms. The van der Waals surface area contributed by atoms with E-state index in [0.29, 0.717) is 28.6 Å². The van der Waals surface area contributed by atoms with Gasteiger partial charge in [0, 0.05) is 17.5 Å². The van der Waals surface area contributed by atoms with Gasteiger partial charge in [0.25, 0.3) is 0 Å². The number of nitrogens with zero attached hydrogens (tertiary/aromatic N) is 3. The lowest BCUT2D eigenvalue weighted by molar-refractivity contribution is 0.265. The van der Waals surface area contributed by atoms with Crippen molar-refractivity contribution >= 4 is 17.4 Å². The van der Waals surface area contributed by atoms with Crippen LogP contribution in [0.25, 0.3) is 0 Å². The van der Waals surface area contributed by atoms with Gasteiger partial charge in [-0.15, -0.1) is 0 Å². The highest BCUT2D eigenvalue weighted by Crippen LogP contribution is 2.46. The van der Waals surface area contributed by atoms with Gasteiger partial charge in [-0.05, 0) is 61.3 Å². The predicted octanol–water partition coefficient (Wildman–Crippen LogP) is 5.05. The van der Waals surface area contributed by atoms with E-state index >= 15 is 0 Å². The minimum absolute atomic E-state index is 0.292. The van der Waals surface area contributed by atoms with E-state index in [-0.39, 0.29) is 0 Å². The average molecular weight is 346 g/mol. The van der Waals surface area contributed by atoms with Gasteiger partial charge >= 0.3 is 0 Å². The van der Waals surface area contributed by atoms with Gasteiger partial charge in [0.05, 0.1) is 0 Å². The summed E-state index contributed by atoms with van der Waals surface area (Å²) in [6.45, 7) is 4.27. The highest BCUT2D eigenvalue weighted by Gasteiger charge is 2.43. The van der Waals surface area contributed by atoms with Crippen molar-refractivity contribution in [3.63, 3.8) is 0 Å². The summed E-state index contributed by atoms with van der Waals surface area (Å²) in [5, 5.41) is 14.8. The zero-order valence-electron chi connectivity index (χ0n) is 14.3. The van der Waals surface area contributed by atoms with Crippen LogP contribution in [-0.4, -0.2) is 16.8 Å². The van der Waals surface area contributed by atoms with Crippen molar-refractivity contribution in [3.8, 4) is 11.9 Å². The molecule has 0 N–H and O–H groups in total. The molecule has 1 aromatic rings. The van der Waals surface area contributed by atoms with Gasteiger partial charge in [-0.3, -0.25) is 4.90 Å². The maximum atomic E-state index is 9.75. The summed E-state index contributed by atoms with van der Waals surface area (Å²) in [7, 11) is 0. The van der Waals surface area contributed by atoms with E-state index < -0.39 is 0 Å². The minimum Gasteiger partial charge on any atom is -0.355 e. The summed E-state index contributed by atoms with van der Waals surface area (Å²) in [6, 6.07) is 7.40. The van der Waals surface area contributed by atoms with Crippen LogP contribution in [-0.2, 0) is 0 Å². The first-order chi connectivity index (χ1) is 11.6. The molecule has 4 nitrogen and oxygen atoms in total. The average Bonchev–Trinajstić information content (AvgIpc) is 3.17. The molecule has 0 aromatic heterocycles. The van der Waals surface area contributed by atoms with Crippen LogP contribution in [0.4, 0.5) is 0 Å². The zero-order chi connectivity index (χ0) is 17.1. The largest absolute Gasteiger partial charge is 0.355 e. The van der Waals surface area contributed by atoms with Crippen molar-refractivity contribution in [1.29, 1.82) is 5.26 Å². The van der Waals surface area contributed by atoms with E-state index in [9.17, 15) is 5.26 Å². The van der Waals surface area contributed by atoms with E-state index in [0.717, 1.165) is 24.6 Å². The second kappa shape index (κ2) is 7.44. The van der Waals surface area contributed by atoms with Crippen LogP contribution in [0.1, 0.15) is 46.0 Å². The first kappa shape index (κ1) is 17.1. The Morgan fingerprint density at radius 3 is 2.62 bits per heavy atom. The Hall–Kier alpha value is -1.73. The second-order valence-electron chi connectivity index (χ2n) is 7.36. The van der Waals surface area contributed by atoms with E-state index in [1.165, 1.54) is 19.3 Å². The topological polar surface area (TPSA) is 48.6 Å². The van der Waals surface area contributed by atoms with Gasteiger partial charge < -0.3 is 4.84 Å². The second-order valence-corrected chi connectivity index (χ2v) is 7.80. The number of nitriles is 1. The standard InChI is InChI=1S/C19H24ClN3O/c1-13(2)9-19(22-24-17-7-5-16(20)6-8-17)23(12-21)18-11-14-3-4-15(18)10-14/h5-8,13-15,18H,3-4,9-11H2,1-2H3/b22-19+. The van der Waals surface area contributed by atoms with Gasteiger partial charge in [0.1, 0.15) is 0 Å². The van der Waals surface area contributed by atoms with Crippen molar-refractivity contribution in [2.24, 2.45) is 22.9 Å². The molecule has 1 aromatic carbocycles. The monoisotopic (exact) mass is 345 g/mol. The molecule has 0 heterocycles. The van der Waals surface area contributed by atoms with Crippen LogP contribution in [0.5, 0.6) is 5.75 Å². The van der Waals surface area contributed by atoms with Crippen LogP contribution in [0, 0.1) is 29.2 Å². The fourth-order valence-corrected chi connectivity index (χ4v) is 4.12. The van der Waals surface area contributed by atoms with Crippen LogP contribution < -0.4 is 4.84 Å². The first-order valence-corrected chi connectivity index (χ1v) is 9.13. The third-order valence-corrected chi connectivity index (χ3v) is 5.33. The molecule has 0 amide bonds. The molecule has 2 aliphatic rings. The van der Waals surface area contributed by atoms with E-state index in [4.69, 9.17) is 16.4 Å². The lowest BCUT2D eigenvalue weighted by atomic mass is 9.93. The van der Waals surface area contributed by atoms with Gasteiger partial charge in [0.15, 0.2) is 17.8 Å². The molecular formula is C19H24ClN3O. The number of halogens is 1. The number of hydrogen-bond acceptors (Lipinski definition) is 3. The molecule has 3 atom stereocenters. The van der Waals surface area contributed by atoms with E-state index in [1.807, 2.05) is 4.90 Å². The summed E-state index contributed by atoms with van der Waals surface area (Å²) >= 11 is 5.90. The molecule has 3 rings (SSSR count). The quantitative estimate of drug-likeness (QED) is 0.247. The molecule has 128 valence electrons.